The predicted octanol–water partition coefficient (Wildman–Crippen LogP) is 3.10. The molecule has 0 saturated carbocycles. The van der Waals surface area contributed by atoms with E-state index in [1.54, 1.807) is 6.08 Å². The molecular weight excluding hydrogens is 256 g/mol. The molecule has 0 amide bonds. The second kappa shape index (κ2) is 8.15. The number of carbonyl (C=O) groups excluding carboxylic acids is 2. The second-order valence-electron chi connectivity index (χ2n) is 4.44. The van der Waals surface area contributed by atoms with Gasteiger partial charge in [-0.2, -0.15) is 0 Å². The molecule has 20 heavy (non-hydrogen) atoms. The third kappa shape index (κ3) is 6.18. The zero-order chi connectivity index (χ0) is 15.0. The van der Waals surface area contributed by atoms with Crippen molar-refractivity contribution < 1.29 is 19.1 Å². The van der Waals surface area contributed by atoms with Crippen molar-refractivity contribution in [1.82, 2.24) is 0 Å². The van der Waals surface area contributed by atoms with E-state index < -0.39 is 18.2 Å². The van der Waals surface area contributed by atoms with E-state index in [0.717, 1.165) is 18.4 Å². The van der Waals surface area contributed by atoms with Gasteiger partial charge in [-0.15, -0.1) is 0 Å². The summed E-state index contributed by atoms with van der Waals surface area (Å²) in [6, 6.07) is 8.05. The third-order valence-electron chi connectivity index (χ3n) is 2.53. The first-order valence-corrected chi connectivity index (χ1v) is 6.63. The quantitative estimate of drug-likeness (QED) is 0.592. The van der Waals surface area contributed by atoms with Gasteiger partial charge in [-0.3, -0.25) is 9.59 Å². The standard InChI is InChI=1S/C16H20O4/c1-4-5-14-6-8-15(9-7-14)10-11-16(19-12(2)17)20-13(3)18/h6-11,16H,4-5H2,1-3H3/b11-10+. The number of hydrogen-bond donors (Lipinski definition) is 0. The fourth-order valence-corrected chi connectivity index (χ4v) is 1.70. The lowest BCUT2D eigenvalue weighted by atomic mass is 10.1. The summed E-state index contributed by atoms with van der Waals surface area (Å²) in [5.41, 5.74) is 2.23. The van der Waals surface area contributed by atoms with Crippen molar-refractivity contribution in [2.24, 2.45) is 0 Å². The molecule has 0 aliphatic carbocycles. The van der Waals surface area contributed by atoms with Crippen LogP contribution in [0.15, 0.2) is 30.3 Å². The molecule has 0 aliphatic heterocycles. The molecule has 0 N–H and O–H groups in total. The van der Waals surface area contributed by atoms with Crippen LogP contribution >= 0.6 is 0 Å². The Hall–Kier alpha value is -2.10. The van der Waals surface area contributed by atoms with E-state index in [-0.39, 0.29) is 0 Å². The maximum Gasteiger partial charge on any atom is 0.305 e. The molecule has 1 rings (SSSR count). The van der Waals surface area contributed by atoms with Crippen LogP contribution in [0.25, 0.3) is 6.08 Å². The Morgan fingerprint density at radius 3 is 2.10 bits per heavy atom. The topological polar surface area (TPSA) is 52.6 Å². The van der Waals surface area contributed by atoms with Crippen molar-refractivity contribution in [3.05, 3.63) is 41.5 Å². The molecule has 0 aliphatic rings. The van der Waals surface area contributed by atoms with Crippen LogP contribution in [0.3, 0.4) is 0 Å². The minimum Gasteiger partial charge on any atom is -0.421 e. The molecule has 0 spiro atoms. The van der Waals surface area contributed by atoms with E-state index in [1.807, 2.05) is 12.1 Å². The summed E-state index contributed by atoms with van der Waals surface area (Å²) < 4.78 is 9.75. The fraction of sp³-hybridized carbons (Fsp3) is 0.375. The first-order valence-electron chi connectivity index (χ1n) is 6.63. The lowest BCUT2D eigenvalue weighted by molar-refractivity contribution is -0.176. The lowest BCUT2D eigenvalue weighted by Gasteiger charge is -2.12. The van der Waals surface area contributed by atoms with Gasteiger partial charge in [0.2, 0.25) is 0 Å². The van der Waals surface area contributed by atoms with Gasteiger partial charge in [-0.25, -0.2) is 0 Å². The van der Waals surface area contributed by atoms with E-state index in [2.05, 4.69) is 19.1 Å². The van der Waals surface area contributed by atoms with Crippen LogP contribution < -0.4 is 0 Å². The van der Waals surface area contributed by atoms with E-state index in [4.69, 9.17) is 9.47 Å². The molecule has 0 heterocycles. The first kappa shape index (κ1) is 16.0. The number of aryl methyl sites for hydroxylation is 1. The Morgan fingerprint density at radius 2 is 1.65 bits per heavy atom. The van der Waals surface area contributed by atoms with Gasteiger partial charge < -0.3 is 9.47 Å². The molecule has 1 aromatic rings. The maximum atomic E-state index is 10.9. The van der Waals surface area contributed by atoms with Crippen molar-refractivity contribution in [2.45, 2.75) is 39.9 Å². The number of hydrogen-bond acceptors (Lipinski definition) is 4. The fourth-order valence-electron chi connectivity index (χ4n) is 1.70. The minimum atomic E-state index is -0.986. The highest BCUT2D eigenvalue weighted by Gasteiger charge is 2.10. The molecular formula is C16H20O4. The van der Waals surface area contributed by atoms with E-state index in [1.165, 1.54) is 25.5 Å². The smallest absolute Gasteiger partial charge is 0.305 e. The second-order valence-corrected chi connectivity index (χ2v) is 4.44. The summed E-state index contributed by atoms with van der Waals surface area (Å²) in [5, 5.41) is 0. The van der Waals surface area contributed by atoms with Crippen LogP contribution in [0.2, 0.25) is 0 Å². The molecule has 0 unspecified atom stereocenters. The minimum absolute atomic E-state index is 0.501. The van der Waals surface area contributed by atoms with Gasteiger partial charge in [0.25, 0.3) is 6.29 Å². The predicted molar refractivity (Wildman–Crippen MR) is 76.8 cm³/mol. The zero-order valence-corrected chi connectivity index (χ0v) is 12.1. The van der Waals surface area contributed by atoms with Crippen LogP contribution in [0, 0.1) is 0 Å². The third-order valence-corrected chi connectivity index (χ3v) is 2.53. The van der Waals surface area contributed by atoms with Crippen molar-refractivity contribution >= 4 is 18.0 Å². The van der Waals surface area contributed by atoms with Gasteiger partial charge in [0, 0.05) is 13.8 Å². The Labute approximate surface area is 119 Å². The molecule has 0 radical (unpaired) electrons. The van der Waals surface area contributed by atoms with Gasteiger partial charge in [0.05, 0.1) is 0 Å². The van der Waals surface area contributed by atoms with E-state index in [9.17, 15) is 9.59 Å². The van der Waals surface area contributed by atoms with E-state index in [0.29, 0.717) is 0 Å². The van der Waals surface area contributed by atoms with E-state index >= 15 is 0 Å². The van der Waals surface area contributed by atoms with Crippen molar-refractivity contribution in [2.75, 3.05) is 0 Å². The van der Waals surface area contributed by atoms with Gasteiger partial charge in [0.1, 0.15) is 0 Å². The van der Waals surface area contributed by atoms with Gasteiger partial charge in [0.15, 0.2) is 0 Å². The summed E-state index contributed by atoms with van der Waals surface area (Å²) in [5.74, 6) is -1.00. The normalized spacial score (nSPS) is 10.8. The van der Waals surface area contributed by atoms with Crippen LogP contribution in [-0.2, 0) is 25.5 Å². The Balaban J connectivity index is 2.70. The van der Waals surface area contributed by atoms with Crippen molar-refractivity contribution in [1.29, 1.82) is 0 Å². The summed E-state index contributed by atoms with van der Waals surface area (Å²) in [7, 11) is 0. The van der Waals surface area contributed by atoms with Gasteiger partial charge in [-0.05, 0) is 23.6 Å². The Kier molecular flexibility index (Phi) is 6.50. The highest BCUT2D eigenvalue weighted by atomic mass is 16.7. The molecule has 4 heteroatoms. The molecule has 0 fully saturated rings. The van der Waals surface area contributed by atoms with Crippen LogP contribution in [0.1, 0.15) is 38.3 Å². The first-order chi connectivity index (χ1) is 9.51. The van der Waals surface area contributed by atoms with Gasteiger partial charge in [-0.1, -0.05) is 43.7 Å². The van der Waals surface area contributed by atoms with Crippen LogP contribution in [0.5, 0.6) is 0 Å². The lowest BCUT2D eigenvalue weighted by Crippen LogP contribution is -2.19. The molecule has 0 bridgehead atoms. The Bertz CT molecular complexity index is 458. The summed E-state index contributed by atoms with van der Waals surface area (Å²) in [6.07, 6.45) is 4.47. The number of benzene rings is 1. The Morgan fingerprint density at radius 1 is 1.10 bits per heavy atom. The van der Waals surface area contributed by atoms with Crippen LogP contribution in [-0.4, -0.2) is 18.2 Å². The molecule has 0 saturated heterocycles. The number of rotatable bonds is 6. The maximum absolute atomic E-state index is 10.9. The molecule has 0 atom stereocenters. The van der Waals surface area contributed by atoms with Crippen molar-refractivity contribution in [3.8, 4) is 0 Å². The van der Waals surface area contributed by atoms with Crippen molar-refractivity contribution in [3.63, 3.8) is 0 Å². The number of esters is 2. The summed E-state index contributed by atoms with van der Waals surface area (Å²) >= 11 is 0. The number of carbonyl (C=O) groups is 2. The highest BCUT2D eigenvalue weighted by molar-refractivity contribution is 5.68. The van der Waals surface area contributed by atoms with Gasteiger partial charge >= 0.3 is 11.9 Å². The monoisotopic (exact) mass is 276 g/mol. The number of ether oxygens (including phenoxy) is 2. The molecule has 0 aromatic heterocycles. The average Bonchev–Trinajstić information content (AvgIpc) is 2.36. The molecule has 108 valence electrons. The molecule has 4 nitrogen and oxygen atoms in total. The summed E-state index contributed by atoms with van der Waals surface area (Å²) in [4.78, 5) is 21.8. The summed E-state index contributed by atoms with van der Waals surface area (Å²) in [6.45, 7) is 4.67. The highest BCUT2D eigenvalue weighted by Crippen LogP contribution is 2.10. The average molecular weight is 276 g/mol. The zero-order valence-electron chi connectivity index (χ0n) is 12.1. The SMILES string of the molecule is CCCc1ccc(/C=C/C(OC(C)=O)OC(C)=O)cc1. The largest absolute Gasteiger partial charge is 0.421 e. The van der Waals surface area contributed by atoms with Crippen LogP contribution in [0.4, 0.5) is 0 Å². The molecule has 1 aromatic carbocycles.